The largest absolute Gasteiger partial charge is 0.383 e. The zero-order valence-electron chi connectivity index (χ0n) is 10.6. The number of fused-ring (bicyclic) bond motifs is 1. The molecule has 3 nitrogen and oxygen atoms in total. The maximum Gasteiger partial charge on any atom is 0.0587 e. The first-order chi connectivity index (χ1) is 8.40. The van der Waals surface area contributed by atoms with E-state index in [4.69, 9.17) is 4.74 Å². The molecule has 1 aliphatic rings. The lowest BCUT2D eigenvalue weighted by Gasteiger charge is -2.26. The van der Waals surface area contributed by atoms with Crippen LogP contribution in [0.1, 0.15) is 16.9 Å². The van der Waals surface area contributed by atoms with Crippen molar-refractivity contribution in [3.8, 4) is 0 Å². The topological polar surface area (TPSA) is 24.5 Å². The Morgan fingerprint density at radius 3 is 3.29 bits per heavy atom. The van der Waals surface area contributed by atoms with Crippen LogP contribution in [0.5, 0.6) is 0 Å². The summed E-state index contributed by atoms with van der Waals surface area (Å²) in [5.74, 6) is 0. The summed E-state index contributed by atoms with van der Waals surface area (Å²) in [7, 11) is 1.74. The van der Waals surface area contributed by atoms with Crippen LogP contribution >= 0.6 is 11.3 Å². The summed E-state index contributed by atoms with van der Waals surface area (Å²) in [6.07, 6.45) is 2.47. The summed E-state index contributed by atoms with van der Waals surface area (Å²) < 4.78 is 5.00. The molecule has 96 valence electrons. The van der Waals surface area contributed by atoms with E-state index in [2.05, 4.69) is 21.7 Å². The lowest BCUT2D eigenvalue weighted by atomic mass is 10.1. The van der Waals surface area contributed by atoms with Crippen molar-refractivity contribution in [2.24, 2.45) is 0 Å². The van der Waals surface area contributed by atoms with Crippen molar-refractivity contribution in [3.63, 3.8) is 0 Å². The molecule has 1 aliphatic heterocycles. The fourth-order valence-corrected chi connectivity index (χ4v) is 3.11. The van der Waals surface area contributed by atoms with Gasteiger partial charge in [-0.1, -0.05) is 0 Å². The van der Waals surface area contributed by atoms with E-state index >= 15 is 0 Å². The summed E-state index contributed by atoms with van der Waals surface area (Å²) in [5.41, 5.74) is 1.55. The quantitative estimate of drug-likeness (QED) is 0.750. The first-order valence-electron chi connectivity index (χ1n) is 6.37. The zero-order chi connectivity index (χ0) is 11.9. The van der Waals surface area contributed by atoms with Gasteiger partial charge in [0.25, 0.3) is 0 Å². The highest BCUT2D eigenvalue weighted by atomic mass is 32.1. The highest BCUT2D eigenvalue weighted by Gasteiger charge is 2.16. The average Bonchev–Trinajstić information content (AvgIpc) is 2.81. The Kier molecular flexibility index (Phi) is 5.45. The van der Waals surface area contributed by atoms with Gasteiger partial charge in [-0.05, 0) is 42.9 Å². The van der Waals surface area contributed by atoms with E-state index in [1.807, 2.05) is 11.3 Å². The van der Waals surface area contributed by atoms with Gasteiger partial charge in [-0.25, -0.2) is 0 Å². The van der Waals surface area contributed by atoms with Gasteiger partial charge >= 0.3 is 0 Å². The highest BCUT2D eigenvalue weighted by Crippen LogP contribution is 2.23. The smallest absolute Gasteiger partial charge is 0.0587 e. The van der Waals surface area contributed by atoms with Crippen LogP contribution in [0.3, 0.4) is 0 Å². The molecule has 2 rings (SSSR count). The molecule has 1 N–H and O–H groups in total. The van der Waals surface area contributed by atoms with E-state index in [-0.39, 0.29) is 0 Å². The standard InChI is InChI=1S/C13H22N2OS/c1-16-9-6-14-5-2-7-15-8-3-13-12(11-15)4-10-17-13/h4,10,14H,2-3,5-9,11H2,1H3. The molecule has 1 aromatic rings. The molecular formula is C13H22N2OS. The number of methoxy groups -OCH3 is 1. The average molecular weight is 254 g/mol. The number of nitrogens with one attached hydrogen (secondary N) is 1. The SMILES string of the molecule is COCCNCCCN1CCc2sccc2C1. The molecule has 0 bridgehead atoms. The van der Waals surface area contributed by atoms with E-state index in [1.54, 1.807) is 17.6 Å². The lowest BCUT2D eigenvalue weighted by Crippen LogP contribution is -2.32. The van der Waals surface area contributed by atoms with Crippen LogP contribution in [0, 0.1) is 0 Å². The van der Waals surface area contributed by atoms with E-state index < -0.39 is 0 Å². The summed E-state index contributed by atoms with van der Waals surface area (Å²) in [6, 6.07) is 2.28. The van der Waals surface area contributed by atoms with Crippen molar-refractivity contribution >= 4 is 11.3 Å². The fraction of sp³-hybridized carbons (Fsp3) is 0.692. The van der Waals surface area contributed by atoms with Crippen LogP contribution in [0.25, 0.3) is 0 Å². The molecule has 0 saturated carbocycles. The molecule has 0 aliphatic carbocycles. The molecule has 0 aromatic carbocycles. The van der Waals surface area contributed by atoms with Crippen LogP contribution < -0.4 is 5.32 Å². The van der Waals surface area contributed by atoms with Crippen molar-refractivity contribution in [2.45, 2.75) is 19.4 Å². The van der Waals surface area contributed by atoms with Gasteiger partial charge in [0.05, 0.1) is 6.61 Å². The minimum atomic E-state index is 0.808. The number of rotatable bonds is 7. The van der Waals surface area contributed by atoms with Gasteiger partial charge in [-0.15, -0.1) is 11.3 Å². The lowest BCUT2D eigenvalue weighted by molar-refractivity contribution is 0.198. The number of ether oxygens (including phenoxy) is 1. The number of hydrogen-bond acceptors (Lipinski definition) is 4. The number of nitrogens with zero attached hydrogens (tertiary/aromatic N) is 1. The molecule has 0 fully saturated rings. The van der Waals surface area contributed by atoms with Gasteiger partial charge in [-0.3, -0.25) is 4.90 Å². The predicted molar refractivity (Wildman–Crippen MR) is 72.7 cm³/mol. The maximum absolute atomic E-state index is 5.00. The van der Waals surface area contributed by atoms with E-state index in [0.717, 1.165) is 26.2 Å². The third-order valence-electron chi connectivity index (χ3n) is 3.20. The highest BCUT2D eigenvalue weighted by molar-refractivity contribution is 7.10. The van der Waals surface area contributed by atoms with Crippen LogP contribution in [0.2, 0.25) is 0 Å². The van der Waals surface area contributed by atoms with Gasteiger partial charge < -0.3 is 10.1 Å². The molecule has 0 atom stereocenters. The Bertz CT molecular complexity index is 327. The fourth-order valence-electron chi connectivity index (χ4n) is 2.22. The zero-order valence-corrected chi connectivity index (χ0v) is 11.4. The second-order valence-electron chi connectivity index (χ2n) is 4.49. The van der Waals surface area contributed by atoms with E-state index in [9.17, 15) is 0 Å². The molecule has 4 heteroatoms. The first kappa shape index (κ1) is 13.0. The van der Waals surface area contributed by atoms with E-state index in [1.165, 1.54) is 25.9 Å². The van der Waals surface area contributed by atoms with E-state index in [0.29, 0.717) is 0 Å². The predicted octanol–water partition coefficient (Wildman–Crippen LogP) is 1.73. The minimum Gasteiger partial charge on any atom is -0.383 e. The Morgan fingerprint density at radius 1 is 1.47 bits per heavy atom. The maximum atomic E-state index is 5.00. The summed E-state index contributed by atoms with van der Waals surface area (Å²) in [5, 5.41) is 5.61. The minimum absolute atomic E-state index is 0.808. The Labute approximate surface area is 108 Å². The van der Waals surface area contributed by atoms with Gasteiger partial charge in [0.1, 0.15) is 0 Å². The molecule has 0 radical (unpaired) electrons. The molecule has 17 heavy (non-hydrogen) atoms. The second-order valence-corrected chi connectivity index (χ2v) is 5.49. The summed E-state index contributed by atoms with van der Waals surface area (Å²) in [6.45, 7) is 6.45. The van der Waals surface area contributed by atoms with Crippen molar-refractivity contribution in [2.75, 3.05) is 39.9 Å². The van der Waals surface area contributed by atoms with Crippen LogP contribution in [0.15, 0.2) is 11.4 Å². The number of thiophene rings is 1. The third-order valence-corrected chi connectivity index (χ3v) is 4.22. The third kappa shape index (κ3) is 4.07. The molecule has 0 saturated heterocycles. The molecular weight excluding hydrogens is 232 g/mol. The Balaban J connectivity index is 1.59. The van der Waals surface area contributed by atoms with Crippen LogP contribution in [0.4, 0.5) is 0 Å². The van der Waals surface area contributed by atoms with Crippen molar-refractivity contribution < 1.29 is 4.74 Å². The van der Waals surface area contributed by atoms with Gasteiger partial charge in [0.2, 0.25) is 0 Å². The Hall–Kier alpha value is -0.420. The number of hydrogen-bond donors (Lipinski definition) is 1. The first-order valence-corrected chi connectivity index (χ1v) is 7.25. The molecule has 1 aromatic heterocycles. The van der Waals surface area contributed by atoms with Crippen molar-refractivity contribution in [3.05, 3.63) is 21.9 Å². The normalized spacial score (nSPS) is 16.1. The molecule has 0 spiro atoms. The second kappa shape index (κ2) is 7.11. The van der Waals surface area contributed by atoms with Crippen LogP contribution in [-0.2, 0) is 17.7 Å². The summed E-state index contributed by atoms with van der Waals surface area (Å²) >= 11 is 1.91. The van der Waals surface area contributed by atoms with Crippen molar-refractivity contribution in [1.82, 2.24) is 10.2 Å². The van der Waals surface area contributed by atoms with Gasteiger partial charge in [0, 0.05) is 31.6 Å². The van der Waals surface area contributed by atoms with Gasteiger partial charge in [-0.2, -0.15) is 0 Å². The van der Waals surface area contributed by atoms with Gasteiger partial charge in [0.15, 0.2) is 0 Å². The molecule has 0 amide bonds. The molecule has 0 unspecified atom stereocenters. The van der Waals surface area contributed by atoms with Crippen molar-refractivity contribution in [1.29, 1.82) is 0 Å². The molecule has 2 heterocycles. The van der Waals surface area contributed by atoms with Crippen LogP contribution in [-0.4, -0.2) is 44.8 Å². The monoisotopic (exact) mass is 254 g/mol. The Morgan fingerprint density at radius 2 is 2.41 bits per heavy atom. The summed E-state index contributed by atoms with van der Waals surface area (Å²) in [4.78, 5) is 4.16.